The SMILES string of the molecule is CC(NC(=O)c1ccccc1NC(=O)C1CCN(c2ccc(Cl)nn2)CC1)c1ccccc1. The summed E-state index contributed by atoms with van der Waals surface area (Å²) in [6.45, 7) is 3.34. The summed E-state index contributed by atoms with van der Waals surface area (Å²) in [6, 6.07) is 20.3. The van der Waals surface area contributed by atoms with Gasteiger partial charge in [-0.3, -0.25) is 9.59 Å². The summed E-state index contributed by atoms with van der Waals surface area (Å²) >= 11 is 5.81. The van der Waals surface area contributed by atoms with E-state index in [0.717, 1.165) is 11.4 Å². The molecule has 0 radical (unpaired) electrons. The molecule has 4 rings (SSSR count). The molecule has 0 saturated carbocycles. The number of nitrogens with one attached hydrogen (secondary N) is 2. The molecule has 2 aromatic carbocycles. The van der Waals surface area contributed by atoms with Crippen molar-refractivity contribution in [1.29, 1.82) is 0 Å². The van der Waals surface area contributed by atoms with Crippen LogP contribution in [0.1, 0.15) is 41.7 Å². The highest BCUT2D eigenvalue weighted by molar-refractivity contribution is 6.29. The zero-order chi connectivity index (χ0) is 23.2. The first kappa shape index (κ1) is 22.7. The van der Waals surface area contributed by atoms with Gasteiger partial charge in [-0.1, -0.05) is 54.1 Å². The Balaban J connectivity index is 1.37. The first-order valence-electron chi connectivity index (χ1n) is 11.0. The average Bonchev–Trinajstić information content (AvgIpc) is 2.85. The van der Waals surface area contributed by atoms with Gasteiger partial charge < -0.3 is 15.5 Å². The number of para-hydroxylation sites is 1. The molecule has 2 heterocycles. The number of amides is 2. The number of anilines is 2. The van der Waals surface area contributed by atoms with Gasteiger partial charge in [0.1, 0.15) is 0 Å². The predicted molar refractivity (Wildman–Crippen MR) is 129 cm³/mol. The average molecular weight is 464 g/mol. The van der Waals surface area contributed by atoms with E-state index in [9.17, 15) is 9.59 Å². The highest BCUT2D eigenvalue weighted by Gasteiger charge is 2.27. The van der Waals surface area contributed by atoms with Crippen molar-refractivity contribution in [2.24, 2.45) is 5.92 Å². The van der Waals surface area contributed by atoms with E-state index in [4.69, 9.17) is 11.6 Å². The Labute approximate surface area is 198 Å². The van der Waals surface area contributed by atoms with Crippen LogP contribution < -0.4 is 15.5 Å². The van der Waals surface area contributed by atoms with Crippen molar-refractivity contribution in [1.82, 2.24) is 15.5 Å². The van der Waals surface area contributed by atoms with Gasteiger partial charge in [-0.15, -0.1) is 10.2 Å². The summed E-state index contributed by atoms with van der Waals surface area (Å²) < 4.78 is 0. The summed E-state index contributed by atoms with van der Waals surface area (Å²) in [5.41, 5.74) is 1.98. The number of aromatic nitrogens is 2. The Morgan fingerprint density at radius 2 is 1.67 bits per heavy atom. The predicted octanol–water partition coefficient (Wildman–Crippen LogP) is 4.48. The summed E-state index contributed by atoms with van der Waals surface area (Å²) in [7, 11) is 0. The molecule has 2 amide bonds. The molecule has 1 unspecified atom stereocenters. The monoisotopic (exact) mass is 463 g/mol. The fourth-order valence-corrected chi connectivity index (χ4v) is 4.07. The lowest BCUT2D eigenvalue weighted by molar-refractivity contribution is -0.120. The van der Waals surface area contributed by atoms with Gasteiger partial charge in [0.15, 0.2) is 11.0 Å². The molecule has 1 aromatic heterocycles. The molecule has 1 atom stereocenters. The van der Waals surface area contributed by atoms with Crippen molar-refractivity contribution >= 4 is 34.9 Å². The molecule has 170 valence electrons. The van der Waals surface area contributed by atoms with Gasteiger partial charge >= 0.3 is 0 Å². The van der Waals surface area contributed by atoms with E-state index >= 15 is 0 Å². The minimum absolute atomic E-state index is 0.0757. The van der Waals surface area contributed by atoms with E-state index < -0.39 is 0 Å². The number of benzene rings is 2. The van der Waals surface area contributed by atoms with E-state index in [0.29, 0.717) is 42.3 Å². The van der Waals surface area contributed by atoms with Gasteiger partial charge in [-0.2, -0.15) is 0 Å². The van der Waals surface area contributed by atoms with Gasteiger partial charge in [0.05, 0.1) is 17.3 Å². The second-order valence-corrected chi connectivity index (χ2v) is 8.50. The molecule has 1 saturated heterocycles. The van der Waals surface area contributed by atoms with Crippen LogP contribution in [0, 0.1) is 5.92 Å². The van der Waals surface area contributed by atoms with Gasteiger partial charge in [-0.05, 0) is 49.6 Å². The zero-order valence-corrected chi connectivity index (χ0v) is 19.1. The molecule has 33 heavy (non-hydrogen) atoms. The summed E-state index contributed by atoms with van der Waals surface area (Å²) in [6.07, 6.45) is 1.38. The molecule has 3 aromatic rings. The third-order valence-corrected chi connectivity index (χ3v) is 6.09. The quantitative estimate of drug-likeness (QED) is 0.563. The van der Waals surface area contributed by atoms with Crippen molar-refractivity contribution in [3.63, 3.8) is 0 Å². The smallest absolute Gasteiger partial charge is 0.253 e. The van der Waals surface area contributed by atoms with Crippen LogP contribution in [0.25, 0.3) is 0 Å². The number of hydrogen-bond donors (Lipinski definition) is 2. The van der Waals surface area contributed by atoms with Crippen LogP contribution in [0.5, 0.6) is 0 Å². The lowest BCUT2D eigenvalue weighted by Crippen LogP contribution is -2.39. The Morgan fingerprint density at radius 1 is 0.970 bits per heavy atom. The Bertz CT molecular complexity index is 1100. The highest BCUT2D eigenvalue weighted by atomic mass is 35.5. The molecule has 8 heteroatoms. The normalized spacial score (nSPS) is 15.0. The maximum absolute atomic E-state index is 13.0. The van der Waals surface area contributed by atoms with Crippen LogP contribution in [0.3, 0.4) is 0 Å². The number of nitrogens with zero attached hydrogens (tertiary/aromatic N) is 3. The molecule has 1 fully saturated rings. The van der Waals surface area contributed by atoms with Crippen LogP contribution in [0.4, 0.5) is 11.5 Å². The molecular formula is C25H26ClN5O2. The van der Waals surface area contributed by atoms with Crippen LogP contribution in [-0.4, -0.2) is 35.1 Å². The zero-order valence-electron chi connectivity index (χ0n) is 18.4. The van der Waals surface area contributed by atoms with E-state index in [1.807, 2.05) is 49.4 Å². The number of carbonyl (C=O) groups is 2. The summed E-state index contributed by atoms with van der Waals surface area (Å²) in [5.74, 6) is 0.320. The van der Waals surface area contributed by atoms with Gasteiger partial charge in [0.25, 0.3) is 5.91 Å². The second-order valence-electron chi connectivity index (χ2n) is 8.12. The first-order chi connectivity index (χ1) is 16.0. The van der Waals surface area contributed by atoms with E-state index in [1.54, 1.807) is 24.3 Å². The van der Waals surface area contributed by atoms with E-state index in [1.165, 1.54) is 0 Å². The standard InChI is InChI=1S/C25H26ClN5O2/c1-17(18-7-3-2-4-8-18)27-25(33)20-9-5-6-10-21(20)28-24(32)19-13-15-31(16-14-19)23-12-11-22(26)29-30-23/h2-12,17,19H,13-16H2,1H3,(H,27,33)(H,28,32). The lowest BCUT2D eigenvalue weighted by Gasteiger charge is -2.31. The molecule has 1 aliphatic heterocycles. The van der Waals surface area contributed by atoms with Crippen molar-refractivity contribution in [3.05, 3.63) is 83.0 Å². The van der Waals surface area contributed by atoms with Crippen molar-refractivity contribution < 1.29 is 9.59 Å². The van der Waals surface area contributed by atoms with Crippen molar-refractivity contribution in [2.75, 3.05) is 23.3 Å². The number of hydrogen-bond acceptors (Lipinski definition) is 5. The minimum atomic E-state index is -0.224. The van der Waals surface area contributed by atoms with Crippen LogP contribution in [0.15, 0.2) is 66.7 Å². The van der Waals surface area contributed by atoms with Gasteiger partial charge in [0, 0.05) is 19.0 Å². The Morgan fingerprint density at radius 3 is 2.36 bits per heavy atom. The first-order valence-corrected chi connectivity index (χ1v) is 11.4. The fourth-order valence-electron chi connectivity index (χ4n) is 3.97. The maximum Gasteiger partial charge on any atom is 0.253 e. The Hall–Kier alpha value is -3.45. The van der Waals surface area contributed by atoms with Gasteiger partial charge in [0.2, 0.25) is 5.91 Å². The summed E-state index contributed by atoms with van der Waals surface area (Å²) in [4.78, 5) is 28.0. The number of piperidine rings is 1. The minimum Gasteiger partial charge on any atom is -0.355 e. The van der Waals surface area contributed by atoms with Crippen LogP contribution in [-0.2, 0) is 4.79 Å². The van der Waals surface area contributed by atoms with Crippen molar-refractivity contribution in [2.45, 2.75) is 25.8 Å². The number of halogens is 1. The highest BCUT2D eigenvalue weighted by Crippen LogP contribution is 2.25. The molecule has 2 N–H and O–H groups in total. The number of rotatable bonds is 6. The summed E-state index contributed by atoms with van der Waals surface area (Å²) in [5, 5.41) is 14.3. The van der Waals surface area contributed by atoms with Crippen LogP contribution >= 0.6 is 11.6 Å². The lowest BCUT2D eigenvalue weighted by atomic mass is 9.95. The molecule has 0 aliphatic carbocycles. The van der Waals surface area contributed by atoms with Gasteiger partial charge in [-0.25, -0.2) is 0 Å². The molecule has 0 spiro atoms. The van der Waals surface area contributed by atoms with E-state index in [2.05, 4.69) is 25.7 Å². The third-order valence-electron chi connectivity index (χ3n) is 5.88. The molecule has 7 nitrogen and oxygen atoms in total. The number of carbonyl (C=O) groups excluding carboxylic acids is 2. The van der Waals surface area contributed by atoms with E-state index in [-0.39, 0.29) is 23.8 Å². The third kappa shape index (κ3) is 5.68. The second kappa shape index (κ2) is 10.4. The fraction of sp³-hybridized carbons (Fsp3) is 0.280. The molecule has 0 bridgehead atoms. The Kier molecular flexibility index (Phi) is 7.19. The molecular weight excluding hydrogens is 438 g/mol. The van der Waals surface area contributed by atoms with Crippen molar-refractivity contribution in [3.8, 4) is 0 Å². The van der Waals surface area contributed by atoms with Crippen LogP contribution in [0.2, 0.25) is 5.15 Å². The largest absolute Gasteiger partial charge is 0.355 e. The molecule has 1 aliphatic rings. The maximum atomic E-state index is 13.0. The topological polar surface area (TPSA) is 87.2 Å².